The molecule has 2 aromatic carbocycles. The number of alkyl carbamates (subject to hydrolysis) is 1. The molecule has 2 aliphatic heterocycles. The van der Waals surface area contributed by atoms with Gasteiger partial charge in [0.1, 0.15) is 35.1 Å². The Morgan fingerprint density at radius 2 is 1.77 bits per heavy atom. The number of nitrogens with one attached hydrogen (secondary N) is 3. The second-order valence-electron chi connectivity index (χ2n) is 17.5. The van der Waals surface area contributed by atoms with Crippen LogP contribution in [-0.4, -0.2) is 118 Å². The smallest absolute Gasteiger partial charge is 0.408 e. The number of amides is 4. The second kappa shape index (κ2) is 17.1. The van der Waals surface area contributed by atoms with E-state index in [0.29, 0.717) is 61.4 Å². The Morgan fingerprint density at radius 3 is 2.45 bits per heavy atom. The summed E-state index contributed by atoms with van der Waals surface area (Å²) in [4.78, 5) is 64.5. The number of methoxy groups -OCH3 is 1. The number of nitrogens with zero attached hydrogens (tertiary/aromatic N) is 3. The van der Waals surface area contributed by atoms with Gasteiger partial charge in [-0.2, -0.15) is 0 Å². The van der Waals surface area contributed by atoms with Crippen LogP contribution in [0.1, 0.15) is 72.1 Å². The molecule has 4 amide bonds. The zero-order valence-electron chi connectivity index (χ0n) is 35.1. The highest BCUT2D eigenvalue weighted by Crippen LogP contribution is 2.48. The molecule has 0 radical (unpaired) electrons. The van der Waals surface area contributed by atoms with Gasteiger partial charge in [-0.05, 0) is 113 Å². The summed E-state index contributed by atoms with van der Waals surface area (Å²) < 4.78 is 51.7. The molecule has 4 fully saturated rings. The van der Waals surface area contributed by atoms with Gasteiger partial charge in [0.05, 0.1) is 31.2 Å². The Morgan fingerprint density at radius 1 is 1.02 bits per heavy atom. The average molecular weight is 849 g/mol. The number of hydrogen-bond acceptors (Lipinski definition) is 12. The summed E-state index contributed by atoms with van der Waals surface area (Å²) in [7, 11) is 1.59. The lowest BCUT2D eigenvalue weighted by atomic mass is 10.1. The van der Waals surface area contributed by atoms with Gasteiger partial charge < -0.3 is 39.4 Å². The molecule has 324 valence electrons. The molecule has 1 aromatic heterocycles. The summed E-state index contributed by atoms with van der Waals surface area (Å²) in [5.41, 5.74) is 0.0849. The number of anilines is 1. The summed E-state index contributed by atoms with van der Waals surface area (Å²) in [5.74, 6) is -1.33. The van der Waals surface area contributed by atoms with Crippen LogP contribution in [0.25, 0.3) is 22.0 Å². The lowest BCUT2D eigenvalue weighted by molar-refractivity contribution is -0.142. The van der Waals surface area contributed by atoms with Gasteiger partial charge >= 0.3 is 6.09 Å². The molecular weight excluding hydrogens is 793 g/mol. The van der Waals surface area contributed by atoms with Gasteiger partial charge in [-0.25, -0.2) is 18.2 Å². The van der Waals surface area contributed by atoms with Crippen LogP contribution in [0, 0.1) is 5.92 Å². The van der Waals surface area contributed by atoms with Crippen LogP contribution in [0.2, 0.25) is 0 Å². The number of sulfonamides is 1. The normalized spacial score (nSPS) is 25.1. The summed E-state index contributed by atoms with van der Waals surface area (Å²) in [6.45, 7) is 5.18. The van der Waals surface area contributed by atoms with Crippen molar-refractivity contribution in [1.29, 1.82) is 0 Å². The third-order valence-corrected chi connectivity index (χ3v) is 13.3. The summed E-state index contributed by atoms with van der Waals surface area (Å²) in [6.07, 6.45) is 2.29. The van der Waals surface area contributed by atoms with Crippen molar-refractivity contribution in [2.45, 2.75) is 107 Å². The molecule has 0 bridgehead atoms. The molecular formula is C43H56N6O10S. The van der Waals surface area contributed by atoms with E-state index in [1.807, 2.05) is 67.5 Å². The highest BCUT2D eigenvalue weighted by atomic mass is 32.2. The van der Waals surface area contributed by atoms with Crippen LogP contribution >= 0.6 is 0 Å². The third kappa shape index (κ3) is 9.72. The van der Waals surface area contributed by atoms with Crippen molar-refractivity contribution in [3.8, 4) is 22.9 Å². The molecule has 7 rings (SSSR count). The summed E-state index contributed by atoms with van der Waals surface area (Å²) >= 11 is 0. The molecule has 3 heterocycles. The zero-order chi connectivity index (χ0) is 43.0. The molecule has 0 spiro atoms. The monoisotopic (exact) mass is 848 g/mol. The Bertz CT molecular complexity index is 2220. The summed E-state index contributed by atoms with van der Waals surface area (Å²) in [6, 6.07) is 13.0. The lowest BCUT2D eigenvalue weighted by Crippen LogP contribution is -2.59. The first-order valence-corrected chi connectivity index (χ1v) is 22.2. The molecule has 4 aliphatic rings. The lowest BCUT2D eigenvalue weighted by Gasteiger charge is -2.30. The maximum Gasteiger partial charge on any atom is 0.408 e. The van der Waals surface area contributed by atoms with E-state index >= 15 is 0 Å². The number of rotatable bonds is 9. The molecule has 3 N–H and O–H groups in total. The van der Waals surface area contributed by atoms with Gasteiger partial charge in [0.25, 0.3) is 5.91 Å². The Hall–Kier alpha value is -5.16. The van der Waals surface area contributed by atoms with Gasteiger partial charge in [-0.3, -0.25) is 19.1 Å². The minimum Gasteiger partial charge on any atom is -0.497 e. The third-order valence-electron chi connectivity index (χ3n) is 11.5. The van der Waals surface area contributed by atoms with E-state index in [9.17, 15) is 27.6 Å². The van der Waals surface area contributed by atoms with E-state index in [1.165, 1.54) is 4.90 Å². The maximum absolute atomic E-state index is 14.6. The summed E-state index contributed by atoms with van der Waals surface area (Å²) in [5, 5.41) is 6.52. The number of aromatic nitrogens is 1. The van der Waals surface area contributed by atoms with E-state index in [2.05, 4.69) is 15.4 Å². The van der Waals surface area contributed by atoms with Gasteiger partial charge in [-0.1, -0.05) is 12.8 Å². The van der Waals surface area contributed by atoms with Crippen molar-refractivity contribution >= 4 is 50.3 Å². The standard InChI is InChI=1S/C43H56N6O10S/c1-42(2,3)59-41(53)45-35-25-57-19-9-7-8-10-28-23-43(28,40(52)47-60(54,55)32-16-17-32)46-37(50)36-22-31(24-49(36)39(35)51)58-38-33-18-13-29(48(4)5)20-27(33)21-34(44-38)26-11-14-30(56-6)15-12-26/h11-15,18,20-21,28,31-32,35-36H,7-10,16-17,19,22-25H2,1-6H3,(H,45,53)(H,46,50)(H,47,52)/t28-,31-,35+,36+,43-/m1/s1. The fraction of sp³-hybridized carbons (Fsp3) is 0.558. The minimum absolute atomic E-state index is 0.00600. The van der Waals surface area contributed by atoms with Crippen molar-refractivity contribution in [2.24, 2.45) is 5.92 Å². The highest BCUT2D eigenvalue weighted by molar-refractivity contribution is 7.91. The van der Waals surface area contributed by atoms with Crippen LogP contribution in [0.4, 0.5) is 10.5 Å². The minimum atomic E-state index is -3.90. The molecule has 5 atom stereocenters. The van der Waals surface area contributed by atoms with E-state index in [1.54, 1.807) is 27.9 Å². The largest absolute Gasteiger partial charge is 0.497 e. The van der Waals surface area contributed by atoms with Gasteiger partial charge in [-0.15, -0.1) is 0 Å². The average Bonchev–Trinajstić information content (AvgIpc) is 4.12. The van der Waals surface area contributed by atoms with Gasteiger partial charge in [0, 0.05) is 43.8 Å². The number of fused-ring (bicyclic) bond motifs is 3. The quantitative estimate of drug-likeness (QED) is 0.277. The van der Waals surface area contributed by atoms with Crippen molar-refractivity contribution in [2.75, 3.05) is 45.9 Å². The first-order chi connectivity index (χ1) is 28.5. The molecule has 2 saturated carbocycles. The molecule has 16 nitrogen and oxygen atoms in total. The fourth-order valence-corrected chi connectivity index (χ4v) is 9.34. The first-order valence-electron chi connectivity index (χ1n) is 20.7. The van der Waals surface area contributed by atoms with Crippen molar-refractivity contribution in [3.63, 3.8) is 0 Å². The van der Waals surface area contributed by atoms with Gasteiger partial charge in [0.2, 0.25) is 27.7 Å². The molecule has 2 aliphatic carbocycles. The Balaban J connectivity index is 1.23. The maximum atomic E-state index is 14.6. The topological polar surface area (TPSA) is 195 Å². The van der Waals surface area contributed by atoms with Crippen LogP contribution in [0.3, 0.4) is 0 Å². The Labute approximate surface area is 351 Å². The SMILES string of the molecule is COc1ccc(-c2cc3cc(N(C)C)ccc3c(O[C@@H]3C[C@H]4C(=O)N[C@]5(C(=O)NS(=O)(=O)C6CC6)C[C@H]5CCCCCOC[C@H](NC(=O)OC(C)(C)C)C(=O)N4C3)n2)cc1. The number of benzene rings is 2. The molecule has 60 heavy (non-hydrogen) atoms. The number of carbonyl (C=O) groups is 4. The molecule has 0 unspecified atom stereocenters. The van der Waals surface area contributed by atoms with Crippen LogP contribution < -0.4 is 29.7 Å². The predicted molar refractivity (Wildman–Crippen MR) is 224 cm³/mol. The van der Waals surface area contributed by atoms with E-state index in [4.69, 9.17) is 23.9 Å². The highest BCUT2D eigenvalue weighted by Gasteiger charge is 2.62. The van der Waals surface area contributed by atoms with Crippen LogP contribution in [0.5, 0.6) is 11.6 Å². The van der Waals surface area contributed by atoms with Crippen molar-refractivity contribution in [3.05, 3.63) is 48.5 Å². The number of pyridine rings is 1. The second-order valence-corrected chi connectivity index (χ2v) is 19.4. The van der Waals surface area contributed by atoms with E-state index in [-0.39, 0.29) is 31.9 Å². The molecule has 2 saturated heterocycles. The molecule has 3 aromatic rings. The van der Waals surface area contributed by atoms with Crippen molar-refractivity contribution < 1.29 is 46.5 Å². The predicted octanol–water partition coefficient (Wildman–Crippen LogP) is 4.29. The number of carbonyl (C=O) groups excluding carboxylic acids is 4. The van der Waals surface area contributed by atoms with Crippen molar-refractivity contribution in [1.82, 2.24) is 25.2 Å². The Kier molecular flexibility index (Phi) is 12.2. The van der Waals surface area contributed by atoms with E-state index in [0.717, 1.165) is 23.1 Å². The first kappa shape index (κ1) is 42.9. The van der Waals surface area contributed by atoms with E-state index < -0.39 is 68.4 Å². The van der Waals surface area contributed by atoms with Crippen LogP contribution in [0.15, 0.2) is 48.5 Å². The zero-order valence-corrected chi connectivity index (χ0v) is 35.9. The fourth-order valence-electron chi connectivity index (χ4n) is 7.97. The number of ether oxygens (including phenoxy) is 4. The van der Waals surface area contributed by atoms with Crippen LogP contribution in [-0.2, 0) is 33.9 Å². The number of hydrogen-bond donors (Lipinski definition) is 3. The van der Waals surface area contributed by atoms with Gasteiger partial charge in [0.15, 0.2) is 0 Å². The molecule has 17 heteroatoms.